The van der Waals surface area contributed by atoms with E-state index in [-0.39, 0.29) is 6.04 Å². The Labute approximate surface area is 135 Å². The van der Waals surface area contributed by atoms with Gasteiger partial charge in [0, 0.05) is 24.7 Å². The molecule has 2 atom stereocenters. The SMILES string of the molecule is CCC1CCNC1C(=O)N1CCC(N2CCCC2(C)C)CC1. The van der Waals surface area contributed by atoms with Crippen molar-refractivity contribution in [2.24, 2.45) is 5.92 Å². The molecule has 3 rings (SSSR count). The van der Waals surface area contributed by atoms with Gasteiger partial charge in [0.1, 0.15) is 0 Å². The van der Waals surface area contributed by atoms with Crippen LogP contribution in [0.15, 0.2) is 0 Å². The molecule has 1 N–H and O–H groups in total. The summed E-state index contributed by atoms with van der Waals surface area (Å²) < 4.78 is 0. The maximum atomic E-state index is 12.8. The summed E-state index contributed by atoms with van der Waals surface area (Å²) in [6.45, 7) is 11.1. The minimum Gasteiger partial charge on any atom is -0.341 e. The van der Waals surface area contributed by atoms with Crippen LogP contribution >= 0.6 is 0 Å². The van der Waals surface area contributed by atoms with Gasteiger partial charge in [0.05, 0.1) is 6.04 Å². The maximum Gasteiger partial charge on any atom is 0.239 e. The molecule has 4 nitrogen and oxygen atoms in total. The van der Waals surface area contributed by atoms with Crippen molar-refractivity contribution >= 4 is 5.91 Å². The summed E-state index contributed by atoms with van der Waals surface area (Å²) >= 11 is 0. The lowest BCUT2D eigenvalue weighted by atomic mass is 9.94. The van der Waals surface area contributed by atoms with Crippen LogP contribution in [0.2, 0.25) is 0 Å². The van der Waals surface area contributed by atoms with Crippen LogP contribution in [0.1, 0.15) is 59.3 Å². The highest BCUT2D eigenvalue weighted by Gasteiger charge is 2.40. The third-order valence-electron chi connectivity index (χ3n) is 6.32. The van der Waals surface area contributed by atoms with Gasteiger partial charge >= 0.3 is 0 Å². The number of hydrogen-bond donors (Lipinski definition) is 1. The van der Waals surface area contributed by atoms with E-state index in [1.165, 1.54) is 19.4 Å². The number of likely N-dealkylation sites (tertiary alicyclic amines) is 2. The third kappa shape index (κ3) is 3.05. The molecule has 0 radical (unpaired) electrons. The zero-order valence-electron chi connectivity index (χ0n) is 14.6. The molecule has 2 unspecified atom stereocenters. The van der Waals surface area contributed by atoms with Crippen molar-refractivity contribution in [1.29, 1.82) is 0 Å². The van der Waals surface area contributed by atoms with Gasteiger partial charge in [-0.25, -0.2) is 0 Å². The van der Waals surface area contributed by atoms with Gasteiger partial charge in [-0.2, -0.15) is 0 Å². The molecule has 126 valence electrons. The molecule has 1 amide bonds. The molecule has 0 aromatic heterocycles. The predicted molar refractivity (Wildman–Crippen MR) is 89.8 cm³/mol. The molecule has 3 fully saturated rings. The molecular weight excluding hydrogens is 274 g/mol. The molecule has 4 heteroatoms. The zero-order valence-corrected chi connectivity index (χ0v) is 14.6. The van der Waals surface area contributed by atoms with Gasteiger partial charge < -0.3 is 10.2 Å². The van der Waals surface area contributed by atoms with Crippen molar-refractivity contribution in [3.8, 4) is 0 Å². The van der Waals surface area contributed by atoms with Gasteiger partial charge in [-0.3, -0.25) is 9.69 Å². The first-order valence-corrected chi connectivity index (χ1v) is 9.32. The van der Waals surface area contributed by atoms with E-state index in [9.17, 15) is 4.79 Å². The molecule has 0 spiro atoms. The standard InChI is InChI=1S/C18H33N3O/c1-4-14-6-10-19-16(14)17(22)20-12-7-15(8-13-20)21-11-5-9-18(21,2)3/h14-16,19H,4-13H2,1-3H3. The number of amides is 1. The van der Waals surface area contributed by atoms with Crippen LogP contribution in [0.4, 0.5) is 0 Å². The topological polar surface area (TPSA) is 35.6 Å². The Balaban J connectivity index is 1.54. The smallest absolute Gasteiger partial charge is 0.239 e. The van der Waals surface area contributed by atoms with E-state index in [2.05, 4.69) is 35.9 Å². The molecule has 0 aliphatic carbocycles. The number of carbonyl (C=O) groups is 1. The highest BCUT2D eigenvalue weighted by molar-refractivity contribution is 5.82. The molecule has 3 heterocycles. The molecule has 0 aromatic rings. The van der Waals surface area contributed by atoms with Crippen LogP contribution in [0, 0.1) is 5.92 Å². The van der Waals surface area contributed by atoms with Crippen molar-refractivity contribution in [2.75, 3.05) is 26.2 Å². The second-order valence-electron chi connectivity index (χ2n) is 8.05. The van der Waals surface area contributed by atoms with E-state index in [1.54, 1.807) is 0 Å². The zero-order chi connectivity index (χ0) is 15.7. The van der Waals surface area contributed by atoms with Crippen molar-refractivity contribution in [1.82, 2.24) is 15.1 Å². The summed E-state index contributed by atoms with van der Waals surface area (Å²) in [6.07, 6.45) is 7.22. The van der Waals surface area contributed by atoms with E-state index in [1.807, 2.05) is 0 Å². The largest absolute Gasteiger partial charge is 0.341 e. The Morgan fingerprint density at radius 3 is 2.50 bits per heavy atom. The molecule has 3 aliphatic rings. The average Bonchev–Trinajstić information content (AvgIpc) is 3.12. The van der Waals surface area contributed by atoms with Gasteiger partial charge in [0.2, 0.25) is 5.91 Å². The molecular formula is C18H33N3O. The van der Waals surface area contributed by atoms with Crippen LogP contribution in [0.25, 0.3) is 0 Å². The minimum absolute atomic E-state index is 0.0878. The van der Waals surface area contributed by atoms with Crippen molar-refractivity contribution in [3.05, 3.63) is 0 Å². The van der Waals surface area contributed by atoms with Crippen LogP contribution in [-0.2, 0) is 4.79 Å². The molecule has 22 heavy (non-hydrogen) atoms. The number of nitrogens with zero attached hydrogens (tertiary/aromatic N) is 2. The monoisotopic (exact) mass is 307 g/mol. The van der Waals surface area contributed by atoms with Crippen LogP contribution in [0.5, 0.6) is 0 Å². The summed E-state index contributed by atoms with van der Waals surface area (Å²) in [5.41, 5.74) is 0.358. The minimum atomic E-state index is 0.0878. The van der Waals surface area contributed by atoms with Crippen LogP contribution in [-0.4, -0.2) is 59.5 Å². The number of hydrogen-bond acceptors (Lipinski definition) is 3. The van der Waals surface area contributed by atoms with Gasteiger partial charge in [0.25, 0.3) is 0 Å². The van der Waals surface area contributed by atoms with Crippen LogP contribution < -0.4 is 5.32 Å². The Kier molecular flexibility index (Phi) is 4.79. The quantitative estimate of drug-likeness (QED) is 0.868. The predicted octanol–water partition coefficient (Wildman–Crippen LogP) is 2.24. The first-order valence-electron chi connectivity index (χ1n) is 9.32. The Hall–Kier alpha value is -0.610. The molecule has 3 saturated heterocycles. The summed E-state index contributed by atoms with van der Waals surface area (Å²) in [6, 6.07) is 0.768. The van der Waals surface area contributed by atoms with E-state index in [4.69, 9.17) is 0 Å². The molecule has 0 aromatic carbocycles. The number of rotatable bonds is 3. The van der Waals surface area contributed by atoms with Gasteiger partial charge in [-0.15, -0.1) is 0 Å². The fraction of sp³-hybridized carbons (Fsp3) is 0.944. The maximum absolute atomic E-state index is 12.8. The summed E-state index contributed by atoms with van der Waals surface area (Å²) in [4.78, 5) is 17.6. The molecule has 3 aliphatic heterocycles. The van der Waals surface area contributed by atoms with Crippen molar-refractivity contribution < 1.29 is 4.79 Å². The summed E-state index contributed by atoms with van der Waals surface area (Å²) in [5.74, 6) is 0.909. The second-order valence-corrected chi connectivity index (χ2v) is 8.05. The molecule has 0 saturated carbocycles. The van der Waals surface area contributed by atoms with E-state index >= 15 is 0 Å². The lowest BCUT2D eigenvalue weighted by Crippen LogP contribution is -2.54. The third-order valence-corrected chi connectivity index (χ3v) is 6.32. The fourth-order valence-corrected chi connectivity index (χ4v) is 4.89. The van der Waals surface area contributed by atoms with Crippen LogP contribution in [0.3, 0.4) is 0 Å². The van der Waals surface area contributed by atoms with Gasteiger partial charge in [0.15, 0.2) is 0 Å². The molecule has 0 bridgehead atoms. The Morgan fingerprint density at radius 2 is 1.91 bits per heavy atom. The van der Waals surface area contributed by atoms with Gasteiger partial charge in [-0.05, 0) is 65.0 Å². The first-order chi connectivity index (χ1) is 10.5. The Morgan fingerprint density at radius 1 is 1.18 bits per heavy atom. The number of piperidine rings is 1. The average molecular weight is 307 g/mol. The summed E-state index contributed by atoms with van der Waals surface area (Å²) in [5, 5.41) is 3.43. The summed E-state index contributed by atoms with van der Waals surface area (Å²) in [7, 11) is 0. The van der Waals surface area contributed by atoms with E-state index < -0.39 is 0 Å². The number of nitrogens with one attached hydrogen (secondary N) is 1. The van der Waals surface area contributed by atoms with E-state index in [0.717, 1.165) is 45.3 Å². The normalized spacial score (nSPS) is 33.5. The van der Waals surface area contributed by atoms with Crippen molar-refractivity contribution in [3.63, 3.8) is 0 Å². The highest BCUT2D eigenvalue weighted by Crippen LogP contribution is 2.33. The first kappa shape index (κ1) is 16.3. The fourth-order valence-electron chi connectivity index (χ4n) is 4.89. The van der Waals surface area contributed by atoms with Crippen molar-refractivity contribution in [2.45, 2.75) is 76.9 Å². The van der Waals surface area contributed by atoms with E-state index in [0.29, 0.717) is 23.4 Å². The second kappa shape index (κ2) is 6.48. The van der Waals surface area contributed by atoms with Gasteiger partial charge in [-0.1, -0.05) is 13.3 Å². The highest BCUT2D eigenvalue weighted by atomic mass is 16.2. The number of carbonyl (C=O) groups excluding carboxylic acids is 1. The lowest BCUT2D eigenvalue weighted by Gasteiger charge is -2.43. The lowest BCUT2D eigenvalue weighted by molar-refractivity contribution is -0.135. The Bertz CT molecular complexity index is 401.